The highest BCUT2D eigenvalue weighted by Gasteiger charge is 2.56. The number of carbonyl (C=O) groups is 2. The Labute approximate surface area is 225 Å². The van der Waals surface area contributed by atoms with E-state index in [4.69, 9.17) is 25.8 Å². The maximum absolute atomic E-state index is 14.2. The smallest absolute Gasteiger partial charge is 0.424 e. The molecule has 1 heterocycles. The highest BCUT2D eigenvalue weighted by Crippen LogP contribution is 2.40. The number of aromatic nitrogens is 1. The molecule has 39 heavy (non-hydrogen) atoms. The number of nitrogens with one attached hydrogen (secondary N) is 1. The van der Waals surface area contributed by atoms with Crippen LogP contribution < -0.4 is 19.5 Å². The van der Waals surface area contributed by atoms with Gasteiger partial charge in [-0.2, -0.15) is 13.2 Å². The highest BCUT2D eigenvalue weighted by molar-refractivity contribution is 6.31. The van der Waals surface area contributed by atoms with E-state index in [2.05, 4.69) is 10.3 Å². The normalized spacial score (nSPS) is 12.8. The zero-order valence-electron chi connectivity index (χ0n) is 20.9. The summed E-state index contributed by atoms with van der Waals surface area (Å²) in [5.41, 5.74) is -4.58. The van der Waals surface area contributed by atoms with E-state index in [0.29, 0.717) is 0 Å². The molecule has 1 atom stereocenters. The SMILES string of the molecule is COc1cc(C(=O)NCC(O)(c2ccc(OC)c(-c3ccc(F)c(Cl)c3)n2)C(F)(F)F)ccc1OCC(C)=O. The molecule has 3 rings (SSSR count). The van der Waals surface area contributed by atoms with Crippen LogP contribution in [0.2, 0.25) is 5.02 Å². The lowest BCUT2D eigenvalue weighted by Gasteiger charge is -2.30. The molecule has 2 aromatic carbocycles. The van der Waals surface area contributed by atoms with Gasteiger partial charge in [0.05, 0.1) is 31.5 Å². The van der Waals surface area contributed by atoms with Crippen molar-refractivity contribution in [1.29, 1.82) is 0 Å². The number of ketones is 1. The van der Waals surface area contributed by atoms with E-state index in [1.807, 2.05) is 0 Å². The summed E-state index contributed by atoms with van der Waals surface area (Å²) in [6.07, 6.45) is -5.28. The van der Waals surface area contributed by atoms with Crippen LogP contribution >= 0.6 is 11.6 Å². The van der Waals surface area contributed by atoms with Gasteiger partial charge in [-0.25, -0.2) is 9.37 Å². The number of methoxy groups -OCH3 is 2. The van der Waals surface area contributed by atoms with E-state index in [0.717, 1.165) is 24.3 Å². The molecule has 0 aliphatic rings. The summed E-state index contributed by atoms with van der Waals surface area (Å²) in [5.74, 6) is -1.73. The summed E-state index contributed by atoms with van der Waals surface area (Å²) in [5, 5.41) is 12.6. The van der Waals surface area contributed by atoms with E-state index in [1.54, 1.807) is 0 Å². The van der Waals surface area contributed by atoms with Gasteiger partial charge in [-0.05, 0) is 55.5 Å². The third kappa shape index (κ3) is 6.58. The first-order valence-corrected chi connectivity index (χ1v) is 11.6. The number of ether oxygens (including phenoxy) is 3. The Balaban J connectivity index is 1.93. The zero-order chi connectivity index (χ0) is 29.0. The van der Waals surface area contributed by atoms with Crippen molar-refractivity contribution in [3.8, 4) is 28.5 Å². The summed E-state index contributed by atoms with van der Waals surface area (Å²) in [6, 6.07) is 9.22. The molecule has 0 aliphatic carbocycles. The molecule has 0 radical (unpaired) electrons. The largest absolute Gasteiger partial charge is 0.494 e. The van der Waals surface area contributed by atoms with Crippen molar-refractivity contribution in [2.45, 2.75) is 18.7 Å². The van der Waals surface area contributed by atoms with Gasteiger partial charge in [-0.1, -0.05) is 11.6 Å². The summed E-state index contributed by atoms with van der Waals surface area (Å²) in [6.45, 7) is -0.240. The number of amides is 1. The molecule has 0 bridgehead atoms. The molecule has 0 aliphatic heterocycles. The van der Waals surface area contributed by atoms with E-state index in [-0.39, 0.29) is 51.5 Å². The number of benzene rings is 2. The Morgan fingerprint density at radius 3 is 2.26 bits per heavy atom. The first kappa shape index (κ1) is 29.7. The van der Waals surface area contributed by atoms with Crippen molar-refractivity contribution in [1.82, 2.24) is 10.3 Å². The van der Waals surface area contributed by atoms with Gasteiger partial charge in [0.2, 0.25) is 5.60 Å². The molecule has 0 saturated carbocycles. The molecule has 13 heteroatoms. The number of hydrogen-bond donors (Lipinski definition) is 2. The highest BCUT2D eigenvalue weighted by atomic mass is 35.5. The lowest BCUT2D eigenvalue weighted by Crippen LogP contribution is -2.51. The Morgan fingerprint density at radius 2 is 1.67 bits per heavy atom. The van der Waals surface area contributed by atoms with Crippen LogP contribution in [0.1, 0.15) is 23.0 Å². The van der Waals surface area contributed by atoms with Crippen molar-refractivity contribution < 1.29 is 46.5 Å². The number of halogens is 5. The Hall–Kier alpha value is -3.90. The fourth-order valence-corrected chi connectivity index (χ4v) is 3.63. The third-order valence-electron chi connectivity index (χ3n) is 5.53. The van der Waals surface area contributed by atoms with Gasteiger partial charge in [0.15, 0.2) is 17.3 Å². The van der Waals surface area contributed by atoms with E-state index >= 15 is 0 Å². The van der Waals surface area contributed by atoms with Crippen molar-refractivity contribution >= 4 is 23.3 Å². The monoisotopic (exact) mass is 570 g/mol. The minimum absolute atomic E-state index is 0.0363. The summed E-state index contributed by atoms with van der Waals surface area (Å²) < 4.78 is 71.8. The number of pyridine rings is 1. The molecule has 0 saturated heterocycles. The van der Waals surface area contributed by atoms with Crippen LogP contribution in [0.4, 0.5) is 17.6 Å². The molecule has 1 amide bonds. The number of Topliss-reactive ketones (excluding diaryl/α,β-unsaturated/α-hetero) is 1. The lowest BCUT2D eigenvalue weighted by atomic mass is 9.96. The predicted octanol–water partition coefficient (Wildman–Crippen LogP) is 4.71. The molecule has 8 nitrogen and oxygen atoms in total. The van der Waals surface area contributed by atoms with Gasteiger partial charge in [0.1, 0.15) is 23.9 Å². The third-order valence-corrected chi connectivity index (χ3v) is 5.82. The van der Waals surface area contributed by atoms with Crippen LogP contribution in [0.5, 0.6) is 17.2 Å². The molecular formula is C26H23ClF4N2O6. The fourth-order valence-electron chi connectivity index (χ4n) is 3.45. The molecule has 1 unspecified atom stereocenters. The second kappa shape index (κ2) is 11.9. The lowest BCUT2D eigenvalue weighted by molar-refractivity contribution is -0.265. The van der Waals surface area contributed by atoms with Gasteiger partial charge >= 0.3 is 6.18 Å². The quantitative estimate of drug-likeness (QED) is 0.340. The van der Waals surface area contributed by atoms with Crippen LogP contribution in [-0.2, 0) is 10.4 Å². The van der Waals surface area contributed by atoms with Crippen molar-refractivity contribution in [2.24, 2.45) is 0 Å². The van der Waals surface area contributed by atoms with Crippen LogP contribution in [0, 0.1) is 5.82 Å². The molecule has 208 valence electrons. The van der Waals surface area contributed by atoms with Crippen LogP contribution in [-0.4, -0.2) is 55.3 Å². The molecule has 3 aromatic rings. The Bertz CT molecular complexity index is 1390. The standard InChI is InChI=1S/C26H23ClF4N2O6/c1-14(34)12-39-19-7-5-16(11-21(19)38-3)24(35)32-13-25(36,26(29,30)31)22-9-8-20(37-2)23(33-22)15-4-6-18(28)17(27)10-15/h4-11,36H,12-13H2,1-3H3,(H,32,35). The van der Waals surface area contributed by atoms with E-state index in [1.165, 1.54) is 45.4 Å². The van der Waals surface area contributed by atoms with Gasteiger partial charge < -0.3 is 24.6 Å². The average molecular weight is 571 g/mol. The van der Waals surface area contributed by atoms with E-state index < -0.39 is 35.7 Å². The molecule has 2 N–H and O–H groups in total. The molecule has 1 aromatic heterocycles. The number of aliphatic hydroxyl groups is 1. The van der Waals surface area contributed by atoms with Crippen molar-refractivity contribution in [3.05, 3.63) is 70.6 Å². The fraction of sp³-hybridized carbons (Fsp3) is 0.269. The Kier molecular flexibility index (Phi) is 9.03. The number of rotatable bonds is 10. The molecule has 0 spiro atoms. The Morgan fingerprint density at radius 1 is 1.00 bits per heavy atom. The predicted molar refractivity (Wildman–Crippen MR) is 133 cm³/mol. The van der Waals surface area contributed by atoms with Gasteiger partial charge in [-0.3, -0.25) is 9.59 Å². The van der Waals surface area contributed by atoms with Gasteiger partial charge in [0, 0.05) is 11.1 Å². The van der Waals surface area contributed by atoms with Crippen LogP contribution in [0.3, 0.4) is 0 Å². The number of alkyl halides is 3. The average Bonchev–Trinajstić information content (AvgIpc) is 2.90. The topological polar surface area (TPSA) is 107 Å². The van der Waals surface area contributed by atoms with Crippen molar-refractivity contribution in [2.75, 3.05) is 27.4 Å². The maximum Gasteiger partial charge on any atom is 0.424 e. The number of nitrogens with zero attached hydrogens (tertiary/aromatic N) is 1. The second-order valence-corrected chi connectivity index (χ2v) is 8.68. The van der Waals surface area contributed by atoms with Crippen LogP contribution in [0.15, 0.2) is 48.5 Å². The van der Waals surface area contributed by atoms with E-state index in [9.17, 15) is 32.3 Å². The first-order chi connectivity index (χ1) is 18.3. The van der Waals surface area contributed by atoms with Crippen molar-refractivity contribution in [3.63, 3.8) is 0 Å². The first-order valence-electron chi connectivity index (χ1n) is 11.2. The van der Waals surface area contributed by atoms with Crippen LogP contribution in [0.25, 0.3) is 11.3 Å². The van der Waals surface area contributed by atoms with Gasteiger partial charge in [-0.15, -0.1) is 0 Å². The number of carbonyl (C=O) groups excluding carboxylic acids is 2. The molecule has 0 fully saturated rings. The maximum atomic E-state index is 14.2. The minimum atomic E-state index is -5.28. The summed E-state index contributed by atoms with van der Waals surface area (Å²) in [4.78, 5) is 27.8. The minimum Gasteiger partial charge on any atom is -0.494 e. The van der Waals surface area contributed by atoms with Gasteiger partial charge in [0.25, 0.3) is 5.91 Å². The summed E-state index contributed by atoms with van der Waals surface area (Å²) in [7, 11) is 2.54. The zero-order valence-corrected chi connectivity index (χ0v) is 21.6. The summed E-state index contributed by atoms with van der Waals surface area (Å²) >= 11 is 5.81. The second-order valence-electron chi connectivity index (χ2n) is 8.27. The molecular weight excluding hydrogens is 548 g/mol. The number of hydrogen-bond acceptors (Lipinski definition) is 7.